The molecule has 0 spiro atoms. The summed E-state index contributed by atoms with van der Waals surface area (Å²) in [5, 5.41) is 7.12. The van der Waals surface area contributed by atoms with Crippen LogP contribution in [0.1, 0.15) is 24.1 Å². The van der Waals surface area contributed by atoms with Gasteiger partial charge in [0.15, 0.2) is 0 Å². The summed E-state index contributed by atoms with van der Waals surface area (Å²) in [4.78, 5) is 14.6. The molecule has 1 aliphatic heterocycles. The van der Waals surface area contributed by atoms with Gasteiger partial charge in [-0.15, -0.1) is 0 Å². The Morgan fingerprint density at radius 3 is 2.83 bits per heavy atom. The van der Waals surface area contributed by atoms with E-state index < -0.39 is 0 Å². The van der Waals surface area contributed by atoms with Gasteiger partial charge in [0.1, 0.15) is 0 Å². The molecule has 126 valence electrons. The Morgan fingerprint density at radius 1 is 1.25 bits per heavy atom. The lowest BCUT2D eigenvalue weighted by atomic mass is 10.1. The van der Waals surface area contributed by atoms with Gasteiger partial charge in [-0.05, 0) is 30.2 Å². The molecule has 1 unspecified atom stereocenters. The molecule has 0 aromatic heterocycles. The molecule has 3 rings (SSSR count). The lowest BCUT2D eigenvalue weighted by molar-refractivity contribution is -0.120. The van der Waals surface area contributed by atoms with Crippen molar-refractivity contribution in [3.8, 4) is 0 Å². The maximum Gasteiger partial charge on any atom is 0.239 e. The molecule has 1 heterocycles. The third-order valence-electron chi connectivity index (χ3n) is 4.29. The third kappa shape index (κ3) is 3.89. The average Bonchev–Trinajstić information content (AvgIpc) is 2.78. The SMILES string of the molecule is CC(NC(=O)CN1CCNCc2ccccc21)c1ccccc1Cl. The number of carbonyl (C=O) groups is 1. The molecule has 5 heteroatoms. The molecule has 2 aromatic carbocycles. The number of nitrogens with zero attached hydrogens (tertiary/aromatic N) is 1. The number of carbonyl (C=O) groups excluding carboxylic acids is 1. The van der Waals surface area contributed by atoms with Crippen LogP contribution in [0, 0.1) is 0 Å². The lowest BCUT2D eigenvalue weighted by Crippen LogP contribution is -2.40. The van der Waals surface area contributed by atoms with Crippen LogP contribution in [0.5, 0.6) is 0 Å². The first-order valence-corrected chi connectivity index (χ1v) is 8.60. The lowest BCUT2D eigenvalue weighted by Gasteiger charge is -2.25. The summed E-state index contributed by atoms with van der Waals surface area (Å²) in [6.45, 7) is 4.81. The van der Waals surface area contributed by atoms with E-state index in [4.69, 9.17) is 11.6 Å². The first-order chi connectivity index (χ1) is 11.6. The number of nitrogens with one attached hydrogen (secondary N) is 2. The van der Waals surface area contributed by atoms with E-state index in [1.54, 1.807) is 0 Å². The fourth-order valence-electron chi connectivity index (χ4n) is 3.06. The summed E-state index contributed by atoms with van der Waals surface area (Å²) in [5.74, 6) is -0.000812. The first kappa shape index (κ1) is 16.8. The van der Waals surface area contributed by atoms with Gasteiger partial charge in [0.05, 0.1) is 12.6 Å². The molecule has 24 heavy (non-hydrogen) atoms. The number of halogens is 1. The van der Waals surface area contributed by atoms with Crippen LogP contribution >= 0.6 is 11.6 Å². The van der Waals surface area contributed by atoms with Gasteiger partial charge in [-0.3, -0.25) is 4.79 Å². The second kappa shape index (κ2) is 7.69. The van der Waals surface area contributed by atoms with E-state index in [0.717, 1.165) is 30.9 Å². The van der Waals surface area contributed by atoms with Crippen molar-refractivity contribution < 1.29 is 4.79 Å². The summed E-state index contributed by atoms with van der Waals surface area (Å²) in [5.41, 5.74) is 3.29. The van der Waals surface area contributed by atoms with Crippen LogP contribution in [0.2, 0.25) is 5.02 Å². The van der Waals surface area contributed by atoms with Crippen molar-refractivity contribution >= 4 is 23.2 Å². The molecule has 1 aliphatic rings. The largest absolute Gasteiger partial charge is 0.361 e. The van der Waals surface area contributed by atoms with Gasteiger partial charge in [-0.25, -0.2) is 0 Å². The number of benzene rings is 2. The van der Waals surface area contributed by atoms with Crippen molar-refractivity contribution in [3.63, 3.8) is 0 Å². The van der Waals surface area contributed by atoms with Gasteiger partial charge in [0.2, 0.25) is 5.91 Å². The van der Waals surface area contributed by atoms with Crippen molar-refractivity contribution in [2.45, 2.75) is 19.5 Å². The smallest absolute Gasteiger partial charge is 0.239 e. The summed E-state index contributed by atoms with van der Waals surface area (Å²) in [7, 11) is 0. The Hall–Kier alpha value is -2.04. The maximum absolute atomic E-state index is 12.5. The van der Waals surface area contributed by atoms with Crippen molar-refractivity contribution in [1.82, 2.24) is 10.6 Å². The van der Waals surface area contributed by atoms with Crippen LogP contribution in [0.4, 0.5) is 5.69 Å². The van der Waals surface area contributed by atoms with E-state index in [0.29, 0.717) is 11.6 Å². The zero-order chi connectivity index (χ0) is 16.9. The Kier molecular flexibility index (Phi) is 5.38. The zero-order valence-corrected chi connectivity index (χ0v) is 14.5. The van der Waals surface area contributed by atoms with E-state index in [1.165, 1.54) is 5.56 Å². The molecule has 2 aromatic rings. The summed E-state index contributed by atoms with van der Waals surface area (Å²) in [6.07, 6.45) is 0. The minimum Gasteiger partial charge on any atom is -0.361 e. The number of hydrogen-bond acceptors (Lipinski definition) is 3. The van der Waals surface area contributed by atoms with E-state index in [1.807, 2.05) is 43.3 Å². The molecule has 0 aliphatic carbocycles. The summed E-state index contributed by atoms with van der Waals surface area (Å²) < 4.78 is 0. The van der Waals surface area contributed by atoms with E-state index in [2.05, 4.69) is 27.7 Å². The Morgan fingerprint density at radius 2 is 2.00 bits per heavy atom. The second-order valence-corrected chi connectivity index (χ2v) is 6.44. The molecule has 2 N–H and O–H groups in total. The van der Waals surface area contributed by atoms with Crippen molar-refractivity contribution in [3.05, 3.63) is 64.7 Å². The van der Waals surface area contributed by atoms with Gasteiger partial charge in [-0.2, -0.15) is 0 Å². The minimum atomic E-state index is -0.119. The number of anilines is 1. The van der Waals surface area contributed by atoms with Gasteiger partial charge in [0, 0.05) is 30.3 Å². The minimum absolute atomic E-state index is 0.000812. The Bertz CT molecular complexity index is 719. The van der Waals surface area contributed by atoms with E-state index in [9.17, 15) is 4.79 Å². The monoisotopic (exact) mass is 343 g/mol. The van der Waals surface area contributed by atoms with E-state index in [-0.39, 0.29) is 11.9 Å². The molecule has 0 saturated carbocycles. The first-order valence-electron chi connectivity index (χ1n) is 8.22. The molecular formula is C19H22ClN3O. The van der Waals surface area contributed by atoms with Crippen LogP contribution in [-0.2, 0) is 11.3 Å². The van der Waals surface area contributed by atoms with Gasteiger partial charge in [-0.1, -0.05) is 48.0 Å². The van der Waals surface area contributed by atoms with Crippen LogP contribution in [0.15, 0.2) is 48.5 Å². The normalized spacial score (nSPS) is 15.3. The number of hydrogen-bond donors (Lipinski definition) is 2. The predicted octanol–water partition coefficient (Wildman–Crippen LogP) is 3.13. The van der Waals surface area contributed by atoms with Gasteiger partial charge in [0.25, 0.3) is 0 Å². The van der Waals surface area contributed by atoms with Crippen LogP contribution in [-0.4, -0.2) is 25.5 Å². The summed E-state index contributed by atoms with van der Waals surface area (Å²) >= 11 is 6.21. The Balaban J connectivity index is 1.68. The quantitative estimate of drug-likeness (QED) is 0.896. The number of fused-ring (bicyclic) bond motifs is 1. The van der Waals surface area contributed by atoms with Gasteiger partial charge < -0.3 is 15.5 Å². The molecule has 0 fully saturated rings. The average molecular weight is 344 g/mol. The molecule has 4 nitrogen and oxygen atoms in total. The second-order valence-electron chi connectivity index (χ2n) is 6.04. The molecule has 0 saturated heterocycles. The number of para-hydroxylation sites is 1. The number of amides is 1. The van der Waals surface area contributed by atoms with Crippen LogP contribution in [0.3, 0.4) is 0 Å². The van der Waals surface area contributed by atoms with E-state index >= 15 is 0 Å². The highest BCUT2D eigenvalue weighted by atomic mass is 35.5. The topological polar surface area (TPSA) is 44.4 Å². The zero-order valence-electron chi connectivity index (χ0n) is 13.8. The molecular weight excluding hydrogens is 322 g/mol. The van der Waals surface area contributed by atoms with Crippen molar-refractivity contribution in [2.75, 3.05) is 24.5 Å². The fraction of sp³-hybridized carbons (Fsp3) is 0.316. The summed E-state index contributed by atoms with van der Waals surface area (Å²) in [6, 6.07) is 15.7. The molecule has 0 bridgehead atoms. The van der Waals surface area contributed by atoms with Crippen LogP contribution < -0.4 is 15.5 Å². The molecule has 0 radical (unpaired) electrons. The van der Waals surface area contributed by atoms with Gasteiger partial charge >= 0.3 is 0 Å². The highest BCUT2D eigenvalue weighted by molar-refractivity contribution is 6.31. The van der Waals surface area contributed by atoms with Crippen molar-refractivity contribution in [1.29, 1.82) is 0 Å². The Labute approximate surface area is 147 Å². The standard InChI is InChI=1S/C19H22ClN3O/c1-14(16-7-3-4-8-17(16)20)22-19(24)13-23-11-10-21-12-15-6-2-5-9-18(15)23/h2-9,14,21H,10-13H2,1H3,(H,22,24). The highest BCUT2D eigenvalue weighted by Crippen LogP contribution is 2.23. The number of rotatable bonds is 4. The van der Waals surface area contributed by atoms with Crippen LogP contribution in [0.25, 0.3) is 0 Å². The molecule has 1 amide bonds. The highest BCUT2D eigenvalue weighted by Gasteiger charge is 2.19. The third-order valence-corrected chi connectivity index (χ3v) is 4.63. The molecule has 1 atom stereocenters. The fourth-order valence-corrected chi connectivity index (χ4v) is 3.35. The van der Waals surface area contributed by atoms with Crippen molar-refractivity contribution in [2.24, 2.45) is 0 Å². The predicted molar refractivity (Wildman–Crippen MR) is 98.4 cm³/mol. The maximum atomic E-state index is 12.5.